The van der Waals surface area contributed by atoms with Crippen molar-refractivity contribution >= 4 is 23.7 Å². The van der Waals surface area contributed by atoms with Crippen LogP contribution in [-0.2, 0) is 11.8 Å². The number of carboxylic acids is 1. The molecule has 0 fully saturated rings. The van der Waals surface area contributed by atoms with Crippen LogP contribution in [0.5, 0.6) is 0 Å². The smallest absolute Gasteiger partial charge is 0.313 e. The second-order valence-electron chi connectivity index (χ2n) is 4.01. The number of rotatable bonds is 8. The Morgan fingerprint density at radius 2 is 1.94 bits per heavy atom. The van der Waals surface area contributed by atoms with Crippen LogP contribution in [0.25, 0.3) is 0 Å². The summed E-state index contributed by atoms with van der Waals surface area (Å²) >= 11 is 1.19. The van der Waals surface area contributed by atoms with Crippen LogP contribution in [0.4, 0.5) is 5.95 Å². The van der Waals surface area contributed by atoms with E-state index in [0.29, 0.717) is 5.16 Å². The summed E-state index contributed by atoms with van der Waals surface area (Å²) in [5.74, 6) is -0.0248. The highest BCUT2D eigenvalue weighted by Crippen LogP contribution is 2.20. The minimum absolute atomic E-state index is 0.00747. The molecule has 0 aromatic carbocycles. The molecular weight excluding hydrogens is 252 g/mol. The first-order valence-electron chi connectivity index (χ1n) is 6.09. The number of nitrogens with zero attached hydrogens (tertiary/aromatic N) is 4. The van der Waals surface area contributed by atoms with Gasteiger partial charge in [-0.05, 0) is 12.8 Å². The zero-order valence-electron chi connectivity index (χ0n) is 11.1. The first-order valence-corrected chi connectivity index (χ1v) is 7.07. The summed E-state index contributed by atoms with van der Waals surface area (Å²) in [5.41, 5.74) is 0. The van der Waals surface area contributed by atoms with Crippen LogP contribution >= 0.6 is 11.8 Å². The molecule has 1 N–H and O–H groups in total. The zero-order valence-corrected chi connectivity index (χ0v) is 11.9. The fourth-order valence-electron chi connectivity index (χ4n) is 1.69. The van der Waals surface area contributed by atoms with E-state index in [2.05, 4.69) is 28.9 Å². The molecule has 102 valence electrons. The molecule has 1 aromatic rings. The summed E-state index contributed by atoms with van der Waals surface area (Å²) in [6.45, 7) is 6.12. The Morgan fingerprint density at radius 3 is 2.44 bits per heavy atom. The molecule has 0 radical (unpaired) electrons. The highest BCUT2D eigenvalue weighted by Gasteiger charge is 2.15. The molecule has 0 aliphatic carbocycles. The number of aliphatic carboxylic acids is 1. The van der Waals surface area contributed by atoms with Gasteiger partial charge in [0.25, 0.3) is 0 Å². The number of aromatic nitrogens is 3. The van der Waals surface area contributed by atoms with E-state index < -0.39 is 5.97 Å². The van der Waals surface area contributed by atoms with Crippen molar-refractivity contribution in [2.75, 3.05) is 23.7 Å². The third kappa shape index (κ3) is 3.90. The highest BCUT2D eigenvalue weighted by molar-refractivity contribution is 7.99. The van der Waals surface area contributed by atoms with Crippen LogP contribution in [0.1, 0.15) is 26.7 Å². The minimum atomic E-state index is -0.844. The van der Waals surface area contributed by atoms with Gasteiger partial charge in [-0.3, -0.25) is 9.36 Å². The molecule has 1 rings (SSSR count). The van der Waals surface area contributed by atoms with E-state index in [-0.39, 0.29) is 5.75 Å². The topological polar surface area (TPSA) is 71.2 Å². The molecule has 0 aliphatic rings. The summed E-state index contributed by atoms with van der Waals surface area (Å²) in [6.07, 6.45) is 2.09. The fraction of sp³-hybridized carbons (Fsp3) is 0.727. The van der Waals surface area contributed by atoms with Gasteiger partial charge in [0.2, 0.25) is 5.95 Å². The molecule has 18 heavy (non-hydrogen) atoms. The predicted molar refractivity (Wildman–Crippen MR) is 72.2 cm³/mol. The van der Waals surface area contributed by atoms with E-state index in [9.17, 15) is 4.79 Å². The largest absolute Gasteiger partial charge is 0.481 e. The van der Waals surface area contributed by atoms with Gasteiger partial charge >= 0.3 is 5.97 Å². The van der Waals surface area contributed by atoms with Gasteiger partial charge in [0, 0.05) is 20.1 Å². The van der Waals surface area contributed by atoms with Crippen LogP contribution in [-0.4, -0.2) is 44.7 Å². The Bertz CT molecular complexity index is 388. The number of carbonyl (C=O) groups is 1. The van der Waals surface area contributed by atoms with Crippen LogP contribution < -0.4 is 4.90 Å². The molecule has 0 unspecified atom stereocenters. The molecule has 7 heteroatoms. The fourth-order valence-corrected chi connectivity index (χ4v) is 2.31. The molecule has 0 bridgehead atoms. The van der Waals surface area contributed by atoms with Gasteiger partial charge in [0.15, 0.2) is 5.16 Å². The summed E-state index contributed by atoms with van der Waals surface area (Å²) in [5, 5.41) is 17.5. The summed E-state index contributed by atoms with van der Waals surface area (Å²) in [4.78, 5) is 12.7. The first-order chi connectivity index (χ1) is 8.60. The average Bonchev–Trinajstić information content (AvgIpc) is 2.68. The van der Waals surface area contributed by atoms with Gasteiger partial charge in [-0.2, -0.15) is 0 Å². The Morgan fingerprint density at radius 1 is 1.33 bits per heavy atom. The third-order valence-corrected chi connectivity index (χ3v) is 3.41. The second-order valence-corrected chi connectivity index (χ2v) is 4.95. The molecular formula is C11H20N4O2S. The van der Waals surface area contributed by atoms with Crippen molar-refractivity contribution < 1.29 is 9.90 Å². The summed E-state index contributed by atoms with van der Waals surface area (Å²) < 4.78 is 1.86. The van der Waals surface area contributed by atoms with Crippen molar-refractivity contribution in [1.82, 2.24) is 14.8 Å². The monoisotopic (exact) mass is 272 g/mol. The SMILES string of the molecule is CCCN(CCC)c1nnc(SCC(=O)O)n1C. The van der Waals surface area contributed by atoms with E-state index >= 15 is 0 Å². The van der Waals surface area contributed by atoms with Gasteiger partial charge < -0.3 is 10.0 Å². The van der Waals surface area contributed by atoms with E-state index in [1.165, 1.54) is 11.8 Å². The molecule has 1 heterocycles. The maximum absolute atomic E-state index is 10.5. The molecule has 0 saturated heterocycles. The van der Waals surface area contributed by atoms with E-state index in [1.807, 2.05) is 11.6 Å². The lowest BCUT2D eigenvalue weighted by Crippen LogP contribution is -2.27. The quantitative estimate of drug-likeness (QED) is 0.725. The van der Waals surface area contributed by atoms with Crippen LogP contribution in [0.3, 0.4) is 0 Å². The summed E-state index contributed by atoms with van der Waals surface area (Å²) in [6, 6.07) is 0. The Hall–Kier alpha value is -1.24. The van der Waals surface area contributed by atoms with E-state index in [4.69, 9.17) is 5.11 Å². The molecule has 0 spiro atoms. The van der Waals surface area contributed by atoms with Crippen molar-refractivity contribution in [1.29, 1.82) is 0 Å². The van der Waals surface area contributed by atoms with Crippen molar-refractivity contribution in [2.45, 2.75) is 31.8 Å². The van der Waals surface area contributed by atoms with E-state index in [0.717, 1.165) is 31.9 Å². The van der Waals surface area contributed by atoms with Crippen LogP contribution in [0.2, 0.25) is 0 Å². The normalized spacial score (nSPS) is 10.6. The number of hydrogen-bond donors (Lipinski definition) is 1. The maximum Gasteiger partial charge on any atom is 0.313 e. The molecule has 0 saturated carbocycles. The lowest BCUT2D eigenvalue weighted by molar-refractivity contribution is -0.133. The first kappa shape index (κ1) is 14.8. The second kappa shape index (κ2) is 7.25. The maximum atomic E-state index is 10.5. The van der Waals surface area contributed by atoms with Crippen molar-refractivity contribution in [3.63, 3.8) is 0 Å². The number of carboxylic acid groups (broad SMARTS) is 1. The lowest BCUT2D eigenvalue weighted by Gasteiger charge is -2.21. The lowest BCUT2D eigenvalue weighted by atomic mass is 10.4. The highest BCUT2D eigenvalue weighted by atomic mass is 32.2. The predicted octanol–water partition coefficient (Wildman–Crippen LogP) is 1.62. The number of hydrogen-bond acceptors (Lipinski definition) is 5. The molecule has 6 nitrogen and oxygen atoms in total. The number of anilines is 1. The number of thioether (sulfide) groups is 1. The molecule has 0 amide bonds. The van der Waals surface area contributed by atoms with Crippen molar-refractivity contribution in [2.24, 2.45) is 7.05 Å². The van der Waals surface area contributed by atoms with Crippen LogP contribution in [0.15, 0.2) is 5.16 Å². The van der Waals surface area contributed by atoms with E-state index in [1.54, 1.807) is 0 Å². The molecule has 0 aliphatic heterocycles. The Labute approximate surface area is 111 Å². The van der Waals surface area contributed by atoms with Gasteiger partial charge in [0.1, 0.15) is 0 Å². The van der Waals surface area contributed by atoms with Crippen molar-refractivity contribution in [3.8, 4) is 0 Å². The summed E-state index contributed by atoms with van der Waals surface area (Å²) in [7, 11) is 1.87. The van der Waals surface area contributed by atoms with Crippen LogP contribution in [0, 0.1) is 0 Å². The van der Waals surface area contributed by atoms with Gasteiger partial charge in [0.05, 0.1) is 5.75 Å². The molecule has 1 aromatic heterocycles. The average molecular weight is 272 g/mol. The Kier molecular flexibility index (Phi) is 5.97. The third-order valence-electron chi connectivity index (χ3n) is 2.41. The van der Waals surface area contributed by atoms with Crippen molar-refractivity contribution in [3.05, 3.63) is 0 Å². The van der Waals surface area contributed by atoms with Gasteiger partial charge in [-0.15, -0.1) is 10.2 Å². The molecule has 0 atom stereocenters. The van der Waals surface area contributed by atoms with Gasteiger partial charge in [-0.1, -0.05) is 25.6 Å². The zero-order chi connectivity index (χ0) is 13.5. The standard InChI is InChI=1S/C11H20N4O2S/c1-4-6-15(7-5-2)10-12-13-11(14(10)3)18-8-9(16)17/h4-8H2,1-3H3,(H,16,17). The Balaban J connectivity index is 2.79. The van der Waals surface area contributed by atoms with Gasteiger partial charge in [-0.25, -0.2) is 0 Å². The minimum Gasteiger partial charge on any atom is -0.481 e.